The van der Waals surface area contributed by atoms with E-state index in [2.05, 4.69) is 27.6 Å². The Labute approximate surface area is 200 Å². The molecule has 3 aliphatic carbocycles. The lowest BCUT2D eigenvalue weighted by Gasteiger charge is -2.42. The quantitative estimate of drug-likeness (QED) is 0.629. The van der Waals surface area contributed by atoms with Crippen LogP contribution in [-0.2, 0) is 4.79 Å². The fourth-order valence-electron chi connectivity index (χ4n) is 7.29. The van der Waals surface area contributed by atoms with Crippen LogP contribution in [0.25, 0.3) is 0 Å². The summed E-state index contributed by atoms with van der Waals surface area (Å²) in [6.07, 6.45) is 21.4. The zero-order valence-corrected chi connectivity index (χ0v) is 20.9. The molecule has 3 saturated carbocycles. The molecule has 2 aliphatic heterocycles. The van der Waals surface area contributed by atoms with Gasteiger partial charge < -0.3 is 15.5 Å². The summed E-state index contributed by atoms with van der Waals surface area (Å²) in [4.78, 5) is 17.8. The second-order valence-electron chi connectivity index (χ2n) is 11.3. The molecule has 2 heterocycles. The maximum Gasteiger partial charge on any atom is 0.239 e. The van der Waals surface area contributed by atoms with Gasteiger partial charge in [0.05, 0.1) is 6.04 Å². The highest BCUT2D eigenvalue weighted by atomic mass is 32.2. The maximum absolute atomic E-state index is 13.1. The predicted molar refractivity (Wildman–Crippen MR) is 134 cm³/mol. The Kier molecular flexibility index (Phi) is 7.73. The predicted octanol–water partition coefficient (Wildman–Crippen LogP) is 5.18. The third-order valence-electron chi connectivity index (χ3n) is 9.16. The second kappa shape index (κ2) is 10.7. The number of hydrogen-bond acceptors (Lipinski definition) is 4. The minimum absolute atomic E-state index is 0.212. The molecule has 5 unspecified atom stereocenters. The van der Waals surface area contributed by atoms with Gasteiger partial charge in [-0.25, -0.2) is 0 Å². The molecule has 4 nitrogen and oxygen atoms in total. The van der Waals surface area contributed by atoms with E-state index in [9.17, 15) is 4.79 Å². The summed E-state index contributed by atoms with van der Waals surface area (Å²) in [7, 11) is 0. The molecule has 5 heteroatoms. The van der Waals surface area contributed by atoms with E-state index in [-0.39, 0.29) is 11.9 Å². The van der Waals surface area contributed by atoms with Crippen LogP contribution in [0.3, 0.4) is 0 Å². The molecular formula is C27H45N3OS. The number of carbonyl (C=O) groups excluding carboxylic acids is 1. The molecule has 5 rings (SSSR count). The first-order valence-corrected chi connectivity index (χ1v) is 14.8. The first-order chi connectivity index (χ1) is 15.7. The van der Waals surface area contributed by atoms with Gasteiger partial charge >= 0.3 is 0 Å². The first-order valence-electron chi connectivity index (χ1n) is 13.9. The second-order valence-corrected chi connectivity index (χ2v) is 12.8. The van der Waals surface area contributed by atoms with Crippen molar-refractivity contribution in [2.24, 2.45) is 23.5 Å². The van der Waals surface area contributed by atoms with E-state index in [0.717, 1.165) is 54.9 Å². The molecule has 1 saturated heterocycles. The molecule has 0 radical (unpaired) electrons. The number of amides is 1. The molecule has 0 aromatic heterocycles. The maximum atomic E-state index is 13.1. The molecule has 0 aromatic rings. The zero-order valence-electron chi connectivity index (χ0n) is 20.1. The topological polar surface area (TPSA) is 49.6 Å². The van der Waals surface area contributed by atoms with Crippen LogP contribution in [-0.4, -0.2) is 58.4 Å². The van der Waals surface area contributed by atoms with Crippen LogP contribution >= 0.6 is 11.8 Å². The Morgan fingerprint density at radius 1 is 0.875 bits per heavy atom. The van der Waals surface area contributed by atoms with Crippen molar-refractivity contribution in [1.82, 2.24) is 9.80 Å². The summed E-state index contributed by atoms with van der Waals surface area (Å²) in [6, 6.07) is -0.288. The molecule has 2 N–H and O–H groups in total. The van der Waals surface area contributed by atoms with Gasteiger partial charge in [0, 0.05) is 48.3 Å². The number of rotatable bonds is 4. The van der Waals surface area contributed by atoms with Crippen molar-refractivity contribution in [2.75, 3.05) is 26.2 Å². The summed E-state index contributed by atoms with van der Waals surface area (Å²) in [5, 5.41) is 1.68. The summed E-state index contributed by atoms with van der Waals surface area (Å²) in [6.45, 7) is 3.71. The Balaban J connectivity index is 1.21. The number of thioether (sulfide) groups is 1. The summed E-state index contributed by atoms with van der Waals surface area (Å²) >= 11 is 2.35. The highest BCUT2D eigenvalue weighted by Crippen LogP contribution is 2.48. The van der Waals surface area contributed by atoms with Crippen molar-refractivity contribution in [3.05, 3.63) is 11.8 Å². The molecule has 5 atom stereocenters. The SMILES string of the molecule is NC(CC1CCCCC1)C(=O)N1CCN(C2=CC3CCCCC3SC3CCCCC23)CC1. The van der Waals surface area contributed by atoms with E-state index in [1.807, 2.05) is 0 Å². The van der Waals surface area contributed by atoms with Crippen LogP contribution in [0.4, 0.5) is 0 Å². The van der Waals surface area contributed by atoms with Crippen molar-refractivity contribution >= 4 is 17.7 Å². The van der Waals surface area contributed by atoms with E-state index in [1.165, 1.54) is 83.5 Å². The highest BCUT2D eigenvalue weighted by molar-refractivity contribution is 8.00. The number of nitrogens with two attached hydrogens (primary N) is 1. The minimum Gasteiger partial charge on any atom is -0.371 e. The molecule has 0 aromatic carbocycles. The average molecular weight is 460 g/mol. The lowest BCUT2D eigenvalue weighted by Crippen LogP contribution is -2.54. The first kappa shape index (κ1) is 23.1. The van der Waals surface area contributed by atoms with Gasteiger partial charge in [-0.15, -0.1) is 0 Å². The van der Waals surface area contributed by atoms with Gasteiger partial charge in [-0.05, 0) is 43.9 Å². The minimum atomic E-state index is -0.288. The molecule has 180 valence electrons. The van der Waals surface area contributed by atoms with Crippen molar-refractivity contribution < 1.29 is 4.79 Å². The van der Waals surface area contributed by atoms with Crippen LogP contribution < -0.4 is 5.73 Å². The van der Waals surface area contributed by atoms with Crippen molar-refractivity contribution in [1.29, 1.82) is 0 Å². The van der Waals surface area contributed by atoms with Gasteiger partial charge in [0.15, 0.2) is 0 Å². The Morgan fingerprint density at radius 3 is 2.31 bits per heavy atom. The van der Waals surface area contributed by atoms with Crippen LogP contribution in [0.15, 0.2) is 11.8 Å². The van der Waals surface area contributed by atoms with Gasteiger partial charge in [0.2, 0.25) is 5.91 Å². The number of allylic oxidation sites excluding steroid dienone is 2. The fraction of sp³-hybridized carbons (Fsp3) is 0.889. The standard InChI is InChI=1S/C27H45N3OS/c28-23(18-20-8-2-1-3-9-20)27(31)30-16-14-29(15-17-30)24-19-21-10-4-6-12-25(21)32-26-13-7-5-11-22(24)26/h19-23,25-26H,1-18,28H2. The number of nitrogens with zero attached hydrogens (tertiary/aromatic N) is 2. The van der Waals surface area contributed by atoms with Gasteiger partial charge in [0.25, 0.3) is 0 Å². The van der Waals surface area contributed by atoms with Crippen molar-refractivity contribution in [3.8, 4) is 0 Å². The van der Waals surface area contributed by atoms with E-state index in [1.54, 1.807) is 5.70 Å². The van der Waals surface area contributed by atoms with Crippen LogP contribution in [0.5, 0.6) is 0 Å². The summed E-state index contributed by atoms with van der Waals surface area (Å²) in [5.74, 6) is 2.40. The molecule has 0 spiro atoms. The number of piperazine rings is 1. The normalized spacial score (nSPS) is 35.3. The molecule has 4 fully saturated rings. The molecule has 1 amide bonds. The third kappa shape index (κ3) is 5.19. The van der Waals surface area contributed by atoms with Crippen molar-refractivity contribution in [2.45, 2.75) is 106 Å². The van der Waals surface area contributed by atoms with Crippen LogP contribution in [0.1, 0.15) is 89.9 Å². The average Bonchev–Trinajstić information content (AvgIpc) is 3.01. The molecule has 5 aliphatic rings. The lowest BCUT2D eigenvalue weighted by molar-refractivity contribution is -0.134. The van der Waals surface area contributed by atoms with Gasteiger partial charge in [-0.1, -0.05) is 63.9 Å². The molecule has 0 bridgehead atoms. The lowest BCUT2D eigenvalue weighted by atomic mass is 9.82. The zero-order chi connectivity index (χ0) is 21.9. The van der Waals surface area contributed by atoms with E-state index < -0.39 is 0 Å². The Bertz CT molecular complexity index is 668. The smallest absolute Gasteiger partial charge is 0.239 e. The van der Waals surface area contributed by atoms with Gasteiger partial charge in [-0.2, -0.15) is 11.8 Å². The van der Waals surface area contributed by atoms with Gasteiger partial charge in [0.1, 0.15) is 0 Å². The largest absolute Gasteiger partial charge is 0.371 e. The Hall–Kier alpha value is -0.680. The van der Waals surface area contributed by atoms with Gasteiger partial charge in [-0.3, -0.25) is 4.79 Å². The fourth-order valence-corrected chi connectivity index (χ4v) is 9.23. The van der Waals surface area contributed by atoms with Crippen LogP contribution in [0, 0.1) is 17.8 Å². The molecular weight excluding hydrogens is 414 g/mol. The Morgan fingerprint density at radius 2 is 1.53 bits per heavy atom. The summed E-state index contributed by atoms with van der Waals surface area (Å²) < 4.78 is 0. The van der Waals surface area contributed by atoms with Crippen LogP contribution in [0.2, 0.25) is 0 Å². The monoisotopic (exact) mass is 459 g/mol. The molecule has 32 heavy (non-hydrogen) atoms. The third-order valence-corrected chi connectivity index (χ3v) is 11.0. The van der Waals surface area contributed by atoms with E-state index in [0.29, 0.717) is 5.92 Å². The summed E-state index contributed by atoms with van der Waals surface area (Å²) in [5.41, 5.74) is 8.08. The number of carbonyl (C=O) groups is 1. The van der Waals surface area contributed by atoms with E-state index >= 15 is 0 Å². The highest BCUT2D eigenvalue weighted by Gasteiger charge is 2.39. The number of hydrogen-bond donors (Lipinski definition) is 1. The van der Waals surface area contributed by atoms with E-state index in [4.69, 9.17) is 5.73 Å². The number of fused-ring (bicyclic) bond motifs is 2. The van der Waals surface area contributed by atoms with Crippen molar-refractivity contribution in [3.63, 3.8) is 0 Å².